The Balaban J connectivity index is 1.65. The van der Waals surface area contributed by atoms with Crippen molar-refractivity contribution >= 4 is 27.8 Å². The number of aryl methyl sites for hydroxylation is 1. The summed E-state index contributed by atoms with van der Waals surface area (Å²) in [6, 6.07) is 18.3. The lowest BCUT2D eigenvalue weighted by Gasteiger charge is -2.39. The molecule has 4 heteroatoms. The van der Waals surface area contributed by atoms with Crippen LogP contribution in [0.2, 0.25) is 0 Å². The van der Waals surface area contributed by atoms with Gasteiger partial charge in [-0.15, -0.1) is 0 Å². The zero-order chi connectivity index (χ0) is 19.7. The standard InChI is InChI=1S/C25H25N3O/c1-15-10-11-19-20-9-6-14-26-25(20)29-24(19)23(15)28-16(2)27(3)21-12-13-22(28)18-8-5-4-7-17(18)21/h4-11,14,16,21-22H,12-13H2,1-3H3. The maximum atomic E-state index is 6.37. The van der Waals surface area contributed by atoms with Gasteiger partial charge in [0, 0.05) is 23.0 Å². The van der Waals surface area contributed by atoms with Gasteiger partial charge >= 0.3 is 0 Å². The Labute approximate surface area is 170 Å². The Kier molecular flexibility index (Phi) is 3.57. The molecule has 4 aromatic rings. The van der Waals surface area contributed by atoms with Gasteiger partial charge in [0.25, 0.3) is 0 Å². The maximum absolute atomic E-state index is 6.37. The molecule has 2 aliphatic heterocycles. The molecule has 2 aromatic carbocycles. The zero-order valence-corrected chi connectivity index (χ0v) is 17.1. The van der Waals surface area contributed by atoms with E-state index in [2.05, 4.69) is 78.1 Å². The Hall–Kier alpha value is -2.85. The summed E-state index contributed by atoms with van der Waals surface area (Å²) in [6.07, 6.45) is 4.42. The van der Waals surface area contributed by atoms with Gasteiger partial charge in [0.15, 0.2) is 5.58 Å². The molecule has 146 valence electrons. The van der Waals surface area contributed by atoms with Crippen LogP contribution in [0.25, 0.3) is 22.1 Å². The number of hydrogen-bond donors (Lipinski definition) is 0. The second-order valence-electron chi connectivity index (χ2n) is 8.51. The van der Waals surface area contributed by atoms with E-state index in [1.165, 1.54) is 28.8 Å². The highest BCUT2D eigenvalue weighted by Gasteiger charge is 2.42. The SMILES string of the molecule is Cc1ccc2c(oc3ncccc32)c1N1C2CCC(c3ccccc32)N(C)C1C. The molecule has 3 unspecified atom stereocenters. The molecule has 29 heavy (non-hydrogen) atoms. The van der Waals surface area contributed by atoms with Crippen molar-refractivity contribution < 1.29 is 4.42 Å². The first-order chi connectivity index (χ1) is 14.1. The average molecular weight is 383 g/mol. The third-order valence-corrected chi connectivity index (χ3v) is 7.10. The number of fused-ring (bicyclic) bond motifs is 6. The van der Waals surface area contributed by atoms with Gasteiger partial charge in [-0.05, 0) is 62.6 Å². The van der Waals surface area contributed by atoms with Gasteiger partial charge in [0.05, 0.1) is 17.9 Å². The van der Waals surface area contributed by atoms with Crippen LogP contribution < -0.4 is 4.90 Å². The summed E-state index contributed by atoms with van der Waals surface area (Å²) in [5.74, 6) is 0. The summed E-state index contributed by atoms with van der Waals surface area (Å²) in [5, 5.41) is 2.24. The van der Waals surface area contributed by atoms with Crippen molar-refractivity contribution in [2.75, 3.05) is 11.9 Å². The molecule has 4 nitrogen and oxygen atoms in total. The van der Waals surface area contributed by atoms with Crippen molar-refractivity contribution in [3.05, 3.63) is 71.4 Å². The zero-order valence-electron chi connectivity index (χ0n) is 17.1. The van der Waals surface area contributed by atoms with E-state index < -0.39 is 0 Å². The van der Waals surface area contributed by atoms with Crippen LogP contribution in [0.1, 0.15) is 48.5 Å². The van der Waals surface area contributed by atoms with Crippen LogP contribution in [-0.2, 0) is 0 Å². The summed E-state index contributed by atoms with van der Waals surface area (Å²) in [4.78, 5) is 9.61. The van der Waals surface area contributed by atoms with Crippen molar-refractivity contribution in [3.63, 3.8) is 0 Å². The predicted molar refractivity (Wildman–Crippen MR) is 117 cm³/mol. The molecule has 0 spiro atoms. The summed E-state index contributed by atoms with van der Waals surface area (Å²) in [5.41, 5.74) is 7.08. The fraction of sp³-hybridized carbons (Fsp3) is 0.320. The summed E-state index contributed by atoms with van der Waals surface area (Å²) in [7, 11) is 2.27. The molecule has 4 heterocycles. The highest BCUT2D eigenvalue weighted by atomic mass is 16.3. The lowest BCUT2D eigenvalue weighted by Crippen LogP contribution is -2.43. The van der Waals surface area contributed by atoms with Crippen LogP contribution in [0.15, 0.2) is 59.1 Å². The van der Waals surface area contributed by atoms with Crippen LogP contribution >= 0.6 is 0 Å². The first kappa shape index (κ1) is 17.0. The highest BCUT2D eigenvalue weighted by molar-refractivity contribution is 6.08. The third-order valence-electron chi connectivity index (χ3n) is 7.10. The average Bonchev–Trinajstić information content (AvgIpc) is 3.04. The molecule has 1 fully saturated rings. The third kappa shape index (κ3) is 2.26. The van der Waals surface area contributed by atoms with Crippen molar-refractivity contribution in [3.8, 4) is 0 Å². The molecule has 2 bridgehead atoms. The molecule has 2 aromatic heterocycles. The number of pyridine rings is 1. The lowest BCUT2D eigenvalue weighted by molar-refractivity contribution is 0.191. The van der Waals surface area contributed by atoms with Gasteiger partial charge in [-0.2, -0.15) is 0 Å². The summed E-state index contributed by atoms with van der Waals surface area (Å²) >= 11 is 0. The molecule has 7 rings (SSSR count). The summed E-state index contributed by atoms with van der Waals surface area (Å²) in [6.45, 7) is 4.53. The Bertz CT molecular complexity index is 1240. The first-order valence-corrected chi connectivity index (χ1v) is 10.5. The fourth-order valence-electron chi connectivity index (χ4n) is 5.60. The minimum Gasteiger partial charge on any atom is -0.436 e. The minimum atomic E-state index is 0.269. The number of rotatable bonds is 1. The number of hydrogen-bond acceptors (Lipinski definition) is 4. The van der Waals surface area contributed by atoms with E-state index in [0.29, 0.717) is 12.1 Å². The van der Waals surface area contributed by atoms with Crippen LogP contribution in [0.5, 0.6) is 0 Å². The number of aromatic nitrogens is 1. The van der Waals surface area contributed by atoms with Gasteiger partial charge in [-0.1, -0.05) is 36.4 Å². The van der Waals surface area contributed by atoms with Crippen LogP contribution in [0, 0.1) is 6.92 Å². The van der Waals surface area contributed by atoms with Crippen molar-refractivity contribution in [1.29, 1.82) is 0 Å². The van der Waals surface area contributed by atoms with Gasteiger partial charge in [0.1, 0.15) is 0 Å². The van der Waals surface area contributed by atoms with E-state index >= 15 is 0 Å². The molecule has 1 aliphatic carbocycles. The van der Waals surface area contributed by atoms with E-state index in [-0.39, 0.29) is 6.17 Å². The van der Waals surface area contributed by atoms with Crippen molar-refractivity contribution in [2.24, 2.45) is 0 Å². The Morgan fingerprint density at radius 2 is 1.69 bits per heavy atom. The number of furan rings is 1. The molecule has 0 radical (unpaired) electrons. The molecule has 0 saturated carbocycles. The van der Waals surface area contributed by atoms with Crippen molar-refractivity contribution in [1.82, 2.24) is 9.88 Å². The van der Waals surface area contributed by atoms with E-state index in [0.717, 1.165) is 28.5 Å². The topological polar surface area (TPSA) is 32.5 Å². The normalized spacial score (nSPS) is 24.2. The van der Waals surface area contributed by atoms with Gasteiger partial charge in [-0.3, -0.25) is 4.90 Å². The summed E-state index contributed by atoms with van der Waals surface area (Å²) < 4.78 is 6.37. The predicted octanol–water partition coefficient (Wildman–Crippen LogP) is 5.96. The Morgan fingerprint density at radius 1 is 0.931 bits per heavy atom. The monoisotopic (exact) mass is 383 g/mol. The van der Waals surface area contributed by atoms with Gasteiger partial charge in [0.2, 0.25) is 5.71 Å². The van der Waals surface area contributed by atoms with E-state index in [1.807, 2.05) is 6.07 Å². The number of benzene rings is 2. The van der Waals surface area contributed by atoms with Crippen molar-refractivity contribution in [2.45, 2.75) is 44.9 Å². The van der Waals surface area contributed by atoms with Crippen LogP contribution in [-0.4, -0.2) is 23.1 Å². The molecule has 3 aliphatic rings. The lowest BCUT2D eigenvalue weighted by atomic mass is 9.84. The molecular weight excluding hydrogens is 358 g/mol. The van der Waals surface area contributed by atoms with Crippen LogP contribution in [0.4, 0.5) is 5.69 Å². The highest BCUT2D eigenvalue weighted by Crippen LogP contribution is 2.51. The van der Waals surface area contributed by atoms with E-state index in [4.69, 9.17) is 4.42 Å². The molecular formula is C25H25N3O. The van der Waals surface area contributed by atoms with E-state index in [1.54, 1.807) is 6.20 Å². The van der Waals surface area contributed by atoms with Gasteiger partial charge in [-0.25, -0.2) is 4.98 Å². The Morgan fingerprint density at radius 3 is 2.52 bits per heavy atom. The smallest absolute Gasteiger partial charge is 0.227 e. The molecule has 0 amide bonds. The number of nitrogens with zero attached hydrogens (tertiary/aromatic N) is 3. The van der Waals surface area contributed by atoms with E-state index in [9.17, 15) is 0 Å². The minimum absolute atomic E-state index is 0.269. The number of anilines is 1. The quantitative estimate of drug-likeness (QED) is 0.406. The van der Waals surface area contributed by atoms with Gasteiger partial charge < -0.3 is 9.32 Å². The first-order valence-electron chi connectivity index (χ1n) is 10.5. The largest absolute Gasteiger partial charge is 0.436 e. The van der Waals surface area contributed by atoms with Crippen LogP contribution in [0.3, 0.4) is 0 Å². The maximum Gasteiger partial charge on any atom is 0.227 e. The molecule has 1 saturated heterocycles. The fourth-order valence-corrected chi connectivity index (χ4v) is 5.60. The second-order valence-corrected chi connectivity index (χ2v) is 8.51. The second kappa shape index (κ2) is 6.07. The molecule has 0 N–H and O–H groups in total. The molecule has 3 atom stereocenters.